The molecule has 0 aliphatic carbocycles. The first kappa shape index (κ1) is 16.1. The molecule has 4 heteroatoms. The van der Waals surface area contributed by atoms with Crippen molar-refractivity contribution in [2.45, 2.75) is 26.8 Å². The fourth-order valence-corrected chi connectivity index (χ4v) is 0.963. The number of hydrogen-bond acceptors (Lipinski definition) is 4. The van der Waals surface area contributed by atoms with E-state index in [1.54, 1.807) is 0 Å². The molecule has 0 radical (unpaired) electrons. The Kier molecular flexibility index (Phi) is 18.7. The predicted octanol–water partition coefficient (Wildman–Crippen LogP) is 1.44. The molecule has 2 nitrogen and oxygen atoms in total. The molecular formula is C9H24N2S2. The Morgan fingerprint density at radius 2 is 1.69 bits per heavy atom. The molecule has 0 heterocycles. The highest BCUT2D eigenvalue weighted by Crippen LogP contribution is 1.82. The molecule has 0 saturated heterocycles. The molecule has 0 amide bonds. The molecule has 82 valence electrons. The minimum Gasteiger partial charge on any atom is -0.315 e. The van der Waals surface area contributed by atoms with Gasteiger partial charge in [-0.1, -0.05) is 13.8 Å². The van der Waals surface area contributed by atoms with Gasteiger partial charge in [0.15, 0.2) is 0 Å². The Balaban J connectivity index is 0. The highest BCUT2D eigenvalue weighted by atomic mass is 32.1. The minimum absolute atomic E-state index is 0.510. The Labute approximate surface area is 94.1 Å². The summed E-state index contributed by atoms with van der Waals surface area (Å²) in [4.78, 5) is 0. The van der Waals surface area contributed by atoms with Crippen LogP contribution in [0.3, 0.4) is 0 Å². The lowest BCUT2D eigenvalue weighted by molar-refractivity contribution is 0.569. The SMILES string of the molecule is CC.CC(CS)NCCNCCS. The molecular weight excluding hydrogens is 200 g/mol. The highest BCUT2D eigenvalue weighted by molar-refractivity contribution is 7.80. The van der Waals surface area contributed by atoms with Gasteiger partial charge in [0.25, 0.3) is 0 Å². The molecule has 0 saturated carbocycles. The van der Waals surface area contributed by atoms with Crippen molar-refractivity contribution in [1.29, 1.82) is 0 Å². The zero-order chi connectivity index (χ0) is 10.5. The molecule has 1 atom stereocenters. The molecule has 0 aromatic rings. The third-order valence-electron chi connectivity index (χ3n) is 1.36. The maximum absolute atomic E-state index is 4.16. The number of thiol groups is 2. The standard InChI is InChI=1S/C7H18N2S2.C2H6/c1-7(6-11)9-3-2-8-4-5-10;1-2/h7-11H,2-6H2,1H3;1-2H3. The van der Waals surface area contributed by atoms with Crippen molar-refractivity contribution in [3.63, 3.8) is 0 Å². The maximum Gasteiger partial charge on any atom is 0.0127 e. The van der Waals surface area contributed by atoms with Crippen molar-refractivity contribution >= 4 is 25.3 Å². The van der Waals surface area contributed by atoms with Crippen LogP contribution in [0.15, 0.2) is 0 Å². The largest absolute Gasteiger partial charge is 0.315 e. The second kappa shape index (κ2) is 15.1. The van der Waals surface area contributed by atoms with E-state index < -0.39 is 0 Å². The lowest BCUT2D eigenvalue weighted by atomic mass is 10.4. The first-order chi connectivity index (χ1) is 6.31. The number of hydrogen-bond donors (Lipinski definition) is 4. The van der Waals surface area contributed by atoms with Gasteiger partial charge in [-0.3, -0.25) is 0 Å². The van der Waals surface area contributed by atoms with Crippen molar-refractivity contribution in [3.05, 3.63) is 0 Å². The van der Waals surface area contributed by atoms with Gasteiger partial charge in [0, 0.05) is 37.2 Å². The van der Waals surface area contributed by atoms with Crippen LogP contribution in [0.4, 0.5) is 0 Å². The van der Waals surface area contributed by atoms with Gasteiger partial charge in [-0.15, -0.1) is 0 Å². The molecule has 0 aromatic heterocycles. The Morgan fingerprint density at radius 1 is 1.08 bits per heavy atom. The van der Waals surface area contributed by atoms with Crippen LogP contribution in [0.2, 0.25) is 0 Å². The van der Waals surface area contributed by atoms with Gasteiger partial charge in [-0.2, -0.15) is 25.3 Å². The molecule has 0 spiro atoms. The third-order valence-corrected chi connectivity index (χ3v) is 2.13. The van der Waals surface area contributed by atoms with E-state index in [0.717, 1.165) is 31.1 Å². The molecule has 2 N–H and O–H groups in total. The van der Waals surface area contributed by atoms with Crippen LogP contribution < -0.4 is 10.6 Å². The minimum atomic E-state index is 0.510. The van der Waals surface area contributed by atoms with Crippen LogP contribution in [0.5, 0.6) is 0 Å². The molecule has 13 heavy (non-hydrogen) atoms. The van der Waals surface area contributed by atoms with Crippen molar-refractivity contribution in [2.24, 2.45) is 0 Å². The van der Waals surface area contributed by atoms with Crippen LogP contribution in [0, 0.1) is 0 Å². The smallest absolute Gasteiger partial charge is 0.0127 e. The summed E-state index contributed by atoms with van der Waals surface area (Å²) in [5.41, 5.74) is 0. The second-order valence-corrected chi connectivity index (χ2v) is 3.32. The second-order valence-electron chi connectivity index (χ2n) is 2.51. The van der Waals surface area contributed by atoms with Crippen LogP contribution in [0.1, 0.15) is 20.8 Å². The molecule has 0 aliphatic heterocycles. The van der Waals surface area contributed by atoms with Crippen molar-refractivity contribution in [2.75, 3.05) is 31.1 Å². The van der Waals surface area contributed by atoms with Crippen LogP contribution >= 0.6 is 25.3 Å². The molecule has 0 aromatic carbocycles. The zero-order valence-corrected chi connectivity index (χ0v) is 10.8. The zero-order valence-electron chi connectivity index (χ0n) is 9.01. The van der Waals surface area contributed by atoms with E-state index in [-0.39, 0.29) is 0 Å². The van der Waals surface area contributed by atoms with Crippen LogP contribution in [-0.2, 0) is 0 Å². The first-order valence-corrected chi connectivity index (χ1v) is 6.23. The van der Waals surface area contributed by atoms with Crippen molar-refractivity contribution in [3.8, 4) is 0 Å². The van der Waals surface area contributed by atoms with Crippen molar-refractivity contribution < 1.29 is 0 Å². The Morgan fingerprint density at radius 3 is 2.15 bits per heavy atom. The van der Waals surface area contributed by atoms with Crippen molar-refractivity contribution in [1.82, 2.24) is 10.6 Å². The number of nitrogens with one attached hydrogen (secondary N) is 2. The van der Waals surface area contributed by atoms with E-state index >= 15 is 0 Å². The van der Waals surface area contributed by atoms with Gasteiger partial charge in [-0.05, 0) is 6.92 Å². The van der Waals surface area contributed by atoms with Gasteiger partial charge < -0.3 is 10.6 Å². The van der Waals surface area contributed by atoms with Gasteiger partial charge in [0.05, 0.1) is 0 Å². The van der Waals surface area contributed by atoms with E-state index in [1.807, 2.05) is 13.8 Å². The average molecular weight is 224 g/mol. The molecule has 0 bridgehead atoms. The summed E-state index contributed by atoms with van der Waals surface area (Å²) in [6.07, 6.45) is 0. The lowest BCUT2D eigenvalue weighted by Crippen LogP contribution is -2.34. The lowest BCUT2D eigenvalue weighted by Gasteiger charge is -2.10. The third kappa shape index (κ3) is 15.4. The average Bonchev–Trinajstić information content (AvgIpc) is 2.20. The molecule has 0 aliphatic rings. The van der Waals surface area contributed by atoms with E-state index in [4.69, 9.17) is 0 Å². The fraction of sp³-hybridized carbons (Fsp3) is 1.00. The van der Waals surface area contributed by atoms with Crippen LogP contribution in [0.25, 0.3) is 0 Å². The quantitative estimate of drug-likeness (QED) is 0.389. The van der Waals surface area contributed by atoms with E-state index in [2.05, 4.69) is 42.8 Å². The molecule has 0 fully saturated rings. The topological polar surface area (TPSA) is 24.1 Å². The summed E-state index contributed by atoms with van der Waals surface area (Å²) >= 11 is 8.25. The number of rotatable bonds is 7. The summed E-state index contributed by atoms with van der Waals surface area (Å²) in [5.74, 6) is 1.80. The van der Waals surface area contributed by atoms with E-state index in [1.165, 1.54) is 0 Å². The molecule has 1 unspecified atom stereocenters. The van der Waals surface area contributed by atoms with E-state index in [9.17, 15) is 0 Å². The monoisotopic (exact) mass is 224 g/mol. The summed E-state index contributed by atoms with van der Waals surface area (Å²) < 4.78 is 0. The van der Waals surface area contributed by atoms with Gasteiger partial charge >= 0.3 is 0 Å². The predicted molar refractivity (Wildman–Crippen MR) is 69.4 cm³/mol. The highest BCUT2D eigenvalue weighted by Gasteiger charge is 1.94. The Hall–Kier alpha value is 0.620. The first-order valence-electron chi connectivity index (χ1n) is 4.97. The maximum atomic E-state index is 4.16. The summed E-state index contributed by atoms with van der Waals surface area (Å²) in [6.45, 7) is 9.14. The van der Waals surface area contributed by atoms with Crippen LogP contribution in [-0.4, -0.2) is 37.2 Å². The van der Waals surface area contributed by atoms with Gasteiger partial charge in [0.2, 0.25) is 0 Å². The van der Waals surface area contributed by atoms with E-state index in [0.29, 0.717) is 6.04 Å². The Bertz CT molecular complexity index is 82.0. The summed E-state index contributed by atoms with van der Waals surface area (Å²) in [7, 11) is 0. The van der Waals surface area contributed by atoms with Gasteiger partial charge in [0.1, 0.15) is 0 Å². The summed E-state index contributed by atoms with van der Waals surface area (Å²) in [5, 5.41) is 6.58. The van der Waals surface area contributed by atoms with Gasteiger partial charge in [-0.25, -0.2) is 0 Å². The fourth-order valence-electron chi connectivity index (χ4n) is 0.676. The molecule has 0 rings (SSSR count). The normalized spacial score (nSPS) is 11.8. The summed E-state index contributed by atoms with van der Waals surface area (Å²) in [6, 6.07) is 0.510.